The van der Waals surface area contributed by atoms with Crippen LogP contribution in [0.2, 0.25) is 0 Å². The number of ether oxygens (including phenoxy) is 1. The van der Waals surface area contributed by atoms with Gasteiger partial charge in [-0.1, -0.05) is 0 Å². The second-order valence-corrected chi connectivity index (χ2v) is 4.40. The van der Waals surface area contributed by atoms with Crippen molar-refractivity contribution in [2.24, 2.45) is 0 Å². The number of hydrogen-bond donors (Lipinski definition) is 1. The molecule has 1 atom stereocenters. The highest BCUT2D eigenvalue weighted by Gasteiger charge is 2.27. The first-order chi connectivity index (χ1) is 7.79. The summed E-state index contributed by atoms with van der Waals surface area (Å²) in [5.41, 5.74) is 0. The van der Waals surface area contributed by atoms with Crippen LogP contribution >= 0.6 is 24.8 Å². The Hall–Kier alpha value is -0.0700. The third-order valence-electron chi connectivity index (χ3n) is 3.38. The van der Waals surface area contributed by atoms with E-state index >= 15 is 0 Å². The minimum Gasteiger partial charge on any atom is -0.378 e. The molecule has 5 nitrogen and oxygen atoms in total. The molecule has 0 aromatic carbocycles. The van der Waals surface area contributed by atoms with Gasteiger partial charge in [0.25, 0.3) is 0 Å². The van der Waals surface area contributed by atoms with Crippen LogP contribution in [0, 0.1) is 0 Å². The standard InChI is InChI=1S/C11H21N3O2.2ClH/c1-10(13-4-2-12-3-5-13)11(15)14-6-8-16-9-7-14;;/h10,12H,2-9H2,1H3;2*1H. The number of nitrogens with zero attached hydrogens (tertiary/aromatic N) is 2. The molecule has 0 spiro atoms. The lowest BCUT2D eigenvalue weighted by molar-refractivity contribution is -0.140. The number of halogens is 2. The summed E-state index contributed by atoms with van der Waals surface area (Å²) in [6.45, 7) is 8.78. The van der Waals surface area contributed by atoms with Gasteiger partial charge in [0.2, 0.25) is 5.91 Å². The van der Waals surface area contributed by atoms with E-state index < -0.39 is 0 Å². The number of rotatable bonds is 2. The molecule has 108 valence electrons. The zero-order valence-corrected chi connectivity index (χ0v) is 12.4. The monoisotopic (exact) mass is 299 g/mol. The highest BCUT2D eigenvalue weighted by Crippen LogP contribution is 2.07. The molecule has 0 aromatic rings. The van der Waals surface area contributed by atoms with Crippen LogP contribution in [0.25, 0.3) is 0 Å². The summed E-state index contributed by atoms with van der Waals surface area (Å²) in [6.07, 6.45) is 0. The van der Waals surface area contributed by atoms with E-state index in [9.17, 15) is 4.79 Å². The average molecular weight is 300 g/mol. The van der Waals surface area contributed by atoms with Crippen LogP contribution in [0.3, 0.4) is 0 Å². The number of carbonyl (C=O) groups excluding carboxylic acids is 1. The molecule has 2 rings (SSSR count). The van der Waals surface area contributed by atoms with E-state index in [0.717, 1.165) is 39.3 Å². The number of nitrogens with one attached hydrogen (secondary N) is 1. The summed E-state index contributed by atoms with van der Waals surface area (Å²) in [7, 11) is 0. The van der Waals surface area contributed by atoms with E-state index in [4.69, 9.17) is 4.74 Å². The van der Waals surface area contributed by atoms with E-state index in [1.807, 2.05) is 11.8 Å². The van der Waals surface area contributed by atoms with Crippen LogP contribution in [0.4, 0.5) is 0 Å². The van der Waals surface area contributed by atoms with Crippen molar-refractivity contribution in [3.8, 4) is 0 Å². The Morgan fingerprint density at radius 1 is 1.11 bits per heavy atom. The fraction of sp³-hybridized carbons (Fsp3) is 0.909. The van der Waals surface area contributed by atoms with Crippen LogP contribution in [-0.2, 0) is 9.53 Å². The Balaban J connectivity index is 0.00000144. The van der Waals surface area contributed by atoms with Crippen molar-refractivity contribution in [3.05, 3.63) is 0 Å². The Bertz CT molecular complexity index is 244. The van der Waals surface area contributed by atoms with Crippen molar-refractivity contribution in [2.75, 3.05) is 52.5 Å². The van der Waals surface area contributed by atoms with Gasteiger partial charge in [-0.2, -0.15) is 0 Å². The van der Waals surface area contributed by atoms with E-state index in [1.54, 1.807) is 0 Å². The molecule has 2 aliphatic heterocycles. The van der Waals surface area contributed by atoms with Gasteiger partial charge in [-0.25, -0.2) is 0 Å². The third-order valence-corrected chi connectivity index (χ3v) is 3.38. The van der Waals surface area contributed by atoms with Gasteiger partial charge >= 0.3 is 0 Å². The van der Waals surface area contributed by atoms with Crippen LogP contribution in [0.5, 0.6) is 0 Å². The van der Waals surface area contributed by atoms with Crippen LogP contribution in [0.15, 0.2) is 0 Å². The van der Waals surface area contributed by atoms with Gasteiger partial charge in [-0.05, 0) is 6.92 Å². The third kappa shape index (κ3) is 4.55. The van der Waals surface area contributed by atoms with Gasteiger partial charge in [0.05, 0.1) is 19.3 Å². The van der Waals surface area contributed by atoms with E-state index in [0.29, 0.717) is 13.2 Å². The predicted molar refractivity (Wildman–Crippen MR) is 75.8 cm³/mol. The molecule has 7 heteroatoms. The zero-order valence-electron chi connectivity index (χ0n) is 10.8. The van der Waals surface area contributed by atoms with E-state index in [-0.39, 0.29) is 36.8 Å². The first-order valence-electron chi connectivity index (χ1n) is 6.10. The largest absolute Gasteiger partial charge is 0.378 e. The Labute approximate surface area is 121 Å². The van der Waals surface area contributed by atoms with E-state index in [1.165, 1.54) is 0 Å². The lowest BCUT2D eigenvalue weighted by Crippen LogP contribution is -2.55. The SMILES string of the molecule is CC(C(=O)N1CCOCC1)N1CCNCC1.Cl.Cl. The molecular weight excluding hydrogens is 277 g/mol. The maximum atomic E-state index is 12.2. The Morgan fingerprint density at radius 2 is 1.67 bits per heavy atom. The number of piperazine rings is 1. The summed E-state index contributed by atoms with van der Waals surface area (Å²) < 4.78 is 5.26. The molecular formula is C11H23Cl2N3O2. The molecule has 1 unspecified atom stereocenters. The summed E-state index contributed by atoms with van der Waals surface area (Å²) in [6, 6.07) is 0.0141. The molecule has 1 amide bonds. The first kappa shape index (κ1) is 17.9. The minimum absolute atomic E-state index is 0. The predicted octanol–water partition coefficient (Wildman–Crippen LogP) is -0.0175. The molecule has 0 bridgehead atoms. The Morgan fingerprint density at radius 3 is 2.22 bits per heavy atom. The number of morpholine rings is 1. The van der Waals surface area contributed by atoms with Crippen LogP contribution in [0.1, 0.15) is 6.92 Å². The molecule has 2 heterocycles. The molecule has 2 fully saturated rings. The highest BCUT2D eigenvalue weighted by molar-refractivity contribution is 5.85. The van der Waals surface area contributed by atoms with Gasteiger partial charge < -0.3 is 15.0 Å². The van der Waals surface area contributed by atoms with Gasteiger partial charge in [-0.3, -0.25) is 9.69 Å². The van der Waals surface area contributed by atoms with E-state index in [2.05, 4.69) is 10.2 Å². The second kappa shape index (κ2) is 8.93. The first-order valence-corrected chi connectivity index (χ1v) is 6.10. The molecule has 0 radical (unpaired) electrons. The molecule has 0 aromatic heterocycles. The van der Waals surface area contributed by atoms with Crippen molar-refractivity contribution < 1.29 is 9.53 Å². The number of carbonyl (C=O) groups is 1. The maximum absolute atomic E-state index is 12.2. The topological polar surface area (TPSA) is 44.8 Å². The molecule has 1 N–H and O–H groups in total. The molecule has 2 saturated heterocycles. The number of hydrogen-bond acceptors (Lipinski definition) is 4. The second-order valence-electron chi connectivity index (χ2n) is 4.40. The quantitative estimate of drug-likeness (QED) is 0.779. The summed E-state index contributed by atoms with van der Waals surface area (Å²) in [5, 5.41) is 3.30. The fourth-order valence-corrected chi connectivity index (χ4v) is 2.27. The van der Waals surface area contributed by atoms with Gasteiger partial charge in [-0.15, -0.1) is 24.8 Å². The van der Waals surface area contributed by atoms with Crippen LogP contribution < -0.4 is 5.32 Å². The Kier molecular flexibility index (Phi) is 8.90. The summed E-state index contributed by atoms with van der Waals surface area (Å²) >= 11 is 0. The average Bonchev–Trinajstić information content (AvgIpc) is 2.39. The lowest BCUT2D eigenvalue weighted by Gasteiger charge is -2.36. The van der Waals surface area contributed by atoms with Gasteiger partial charge in [0, 0.05) is 39.3 Å². The lowest BCUT2D eigenvalue weighted by atomic mass is 10.2. The fourth-order valence-electron chi connectivity index (χ4n) is 2.27. The zero-order chi connectivity index (χ0) is 11.4. The maximum Gasteiger partial charge on any atom is 0.239 e. The van der Waals surface area contributed by atoms with Crippen molar-refractivity contribution in [2.45, 2.75) is 13.0 Å². The van der Waals surface area contributed by atoms with Gasteiger partial charge in [0.1, 0.15) is 0 Å². The van der Waals surface area contributed by atoms with Gasteiger partial charge in [0.15, 0.2) is 0 Å². The molecule has 0 saturated carbocycles. The minimum atomic E-state index is 0. The molecule has 18 heavy (non-hydrogen) atoms. The molecule has 0 aliphatic carbocycles. The van der Waals surface area contributed by atoms with Crippen molar-refractivity contribution in [1.29, 1.82) is 0 Å². The van der Waals surface area contributed by atoms with Crippen molar-refractivity contribution in [3.63, 3.8) is 0 Å². The summed E-state index contributed by atoms with van der Waals surface area (Å²) in [5.74, 6) is 0.255. The highest BCUT2D eigenvalue weighted by atomic mass is 35.5. The number of amides is 1. The van der Waals surface area contributed by atoms with Crippen molar-refractivity contribution in [1.82, 2.24) is 15.1 Å². The van der Waals surface area contributed by atoms with Crippen molar-refractivity contribution >= 4 is 30.7 Å². The normalized spacial score (nSPS) is 22.6. The van der Waals surface area contributed by atoms with Crippen LogP contribution in [-0.4, -0.2) is 74.2 Å². The molecule has 2 aliphatic rings. The smallest absolute Gasteiger partial charge is 0.239 e. The summed E-state index contributed by atoms with van der Waals surface area (Å²) in [4.78, 5) is 16.4.